The Balaban J connectivity index is 1.54. The topological polar surface area (TPSA) is 34.5 Å². The van der Waals surface area contributed by atoms with Gasteiger partial charge < -0.3 is 14.2 Å². The third kappa shape index (κ3) is 3.27. The Labute approximate surface area is 148 Å². The number of likely N-dealkylation sites (tertiary alicyclic amines) is 1. The van der Waals surface area contributed by atoms with E-state index in [4.69, 9.17) is 4.74 Å². The lowest BCUT2D eigenvalue weighted by Gasteiger charge is -2.32. The second-order valence-electron chi connectivity index (χ2n) is 7.05. The van der Waals surface area contributed by atoms with Crippen LogP contribution in [-0.2, 0) is 16.6 Å². The molecule has 1 amide bonds. The van der Waals surface area contributed by atoms with Crippen LogP contribution in [0.2, 0.25) is 0 Å². The minimum absolute atomic E-state index is 0.110. The molecule has 0 N–H and O–H groups in total. The lowest BCUT2D eigenvalue weighted by molar-refractivity contribution is -0.128. The summed E-state index contributed by atoms with van der Waals surface area (Å²) in [5.41, 5.74) is 2.36. The molecular weight excluding hydrogens is 312 g/mol. The van der Waals surface area contributed by atoms with E-state index in [0.717, 1.165) is 31.7 Å². The van der Waals surface area contributed by atoms with Gasteiger partial charge in [0.1, 0.15) is 0 Å². The number of rotatable bonds is 3. The maximum absolute atomic E-state index is 12.8. The molecule has 0 bridgehead atoms. The number of nitrogens with zero attached hydrogens (tertiary/aromatic N) is 2. The van der Waals surface area contributed by atoms with Gasteiger partial charge in [-0.2, -0.15) is 0 Å². The van der Waals surface area contributed by atoms with Crippen molar-refractivity contribution in [2.75, 3.05) is 19.8 Å². The number of amides is 1. The highest BCUT2D eigenvalue weighted by Crippen LogP contribution is 2.40. The van der Waals surface area contributed by atoms with Crippen molar-refractivity contribution in [1.82, 2.24) is 9.47 Å². The molecule has 2 fully saturated rings. The van der Waals surface area contributed by atoms with Gasteiger partial charge in [0.2, 0.25) is 5.91 Å². The Morgan fingerprint density at radius 2 is 2.08 bits per heavy atom. The maximum atomic E-state index is 12.8. The van der Waals surface area contributed by atoms with Crippen molar-refractivity contribution in [2.45, 2.75) is 18.4 Å². The number of fused-ring (bicyclic) bond motifs is 1. The summed E-state index contributed by atoms with van der Waals surface area (Å²) in [5.74, 6) is 0.866. The number of aromatic nitrogens is 1. The fourth-order valence-corrected chi connectivity index (χ4v) is 4.20. The molecule has 0 unspecified atom stereocenters. The van der Waals surface area contributed by atoms with Crippen molar-refractivity contribution in [1.29, 1.82) is 0 Å². The molecule has 4 heteroatoms. The van der Waals surface area contributed by atoms with Crippen molar-refractivity contribution in [3.8, 4) is 0 Å². The van der Waals surface area contributed by atoms with Crippen LogP contribution in [0.15, 0.2) is 54.9 Å². The minimum atomic E-state index is 0.110. The normalized spacial score (nSPS) is 26.1. The van der Waals surface area contributed by atoms with Crippen molar-refractivity contribution in [2.24, 2.45) is 13.0 Å². The number of ether oxygens (including phenoxy) is 1. The van der Waals surface area contributed by atoms with Crippen LogP contribution in [0.25, 0.3) is 6.08 Å². The first-order valence-corrected chi connectivity index (χ1v) is 8.96. The third-order valence-corrected chi connectivity index (χ3v) is 5.46. The summed E-state index contributed by atoms with van der Waals surface area (Å²) in [7, 11) is 1.98. The molecule has 130 valence electrons. The van der Waals surface area contributed by atoms with Gasteiger partial charge in [-0.25, -0.2) is 0 Å². The van der Waals surface area contributed by atoms with E-state index in [9.17, 15) is 4.79 Å². The molecule has 3 atom stereocenters. The predicted octanol–water partition coefficient (Wildman–Crippen LogP) is 3.07. The summed E-state index contributed by atoms with van der Waals surface area (Å²) in [6, 6.07) is 12.8. The maximum Gasteiger partial charge on any atom is 0.246 e. The van der Waals surface area contributed by atoms with Crippen molar-refractivity contribution >= 4 is 12.0 Å². The summed E-state index contributed by atoms with van der Waals surface area (Å²) < 4.78 is 7.72. The van der Waals surface area contributed by atoms with Gasteiger partial charge >= 0.3 is 0 Å². The number of carbonyl (C=O) groups is 1. The quantitative estimate of drug-likeness (QED) is 0.808. The molecule has 2 saturated heterocycles. The Bertz CT molecular complexity index is 765. The van der Waals surface area contributed by atoms with Gasteiger partial charge in [0, 0.05) is 56.5 Å². The van der Waals surface area contributed by atoms with Crippen LogP contribution in [0.3, 0.4) is 0 Å². The lowest BCUT2D eigenvalue weighted by atomic mass is 9.84. The van der Waals surface area contributed by atoms with Gasteiger partial charge in [-0.1, -0.05) is 30.3 Å². The highest BCUT2D eigenvalue weighted by atomic mass is 16.5. The van der Waals surface area contributed by atoms with Gasteiger partial charge in [-0.15, -0.1) is 0 Å². The monoisotopic (exact) mass is 336 g/mol. The van der Waals surface area contributed by atoms with E-state index in [0.29, 0.717) is 11.8 Å². The second kappa shape index (κ2) is 6.89. The molecule has 0 spiro atoms. The van der Waals surface area contributed by atoms with E-state index in [1.807, 2.05) is 42.2 Å². The molecule has 2 aliphatic rings. The zero-order valence-electron chi connectivity index (χ0n) is 14.5. The standard InChI is InChI=1S/C21H24N2O2/c1-22-11-9-16(13-22)7-8-21(24)23-14-18(17-5-3-2-4-6-17)19-15-25-12-10-20(19)23/h2-9,11,13,18-20H,10,12,14-15H2,1H3/b8-7+/t18-,19-,20-/m1/s1. The van der Waals surface area contributed by atoms with E-state index >= 15 is 0 Å². The second-order valence-corrected chi connectivity index (χ2v) is 7.05. The molecule has 0 radical (unpaired) electrons. The molecule has 4 rings (SSSR count). The molecule has 2 aromatic rings. The van der Waals surface area contributed by atoms with Crippen LogP contribution in [0.1, 0.15) is 23.5 Å². The van der Waals surface area contributed by atoms with E-state index in [1.54, 1.807) is 6.08 Å². The Morgan fingerprint density at radius 1 is 1.24 bits per heavy atom. The molecule has 25 heavy (non-hydrogen) atoms. The zero-order chi connectivity index (χ0) is 17.2. The van der Waals surface area contributed by atoms with Gasteiger partial charge in [-0.05, 0) is 29.7 Å². The van der Waals surface area contributed by atoms with Crippen molar-refractivity contribution < 1.29 is 9.53 Å². The van der Waals surface area contributed by atoms with Crippen LogP contribution in [0.4, 0.5) is 0 Å². The molecule has 1 aromatic carbocycles. The SMILES string of the molecule is Cn1ccc(/C=C/C(=O)N2C[C@H](c3ccccc3)[C@H]3COCC[C@H]32)c1. The first-order chi connectivity index (χ1) is 12.2. The number of hydrogen-bond donors (Lipinski definition) is 0. The fraction of sp³-hybridized carbons (Fsp3) is 0.381. The Kier molecular flexibility index (Phi) is 4.45. The van der Waals surface area contributed by atoms with E-state index in [2.05, 4.69) is 29.2 Å². The first-order valence-electron chi connectivity index (χ1n) is 8.96. The summed E-state index contributed by atoms with van der Waals surface area (Å²) in [4.78, 5) is 14.9. The molecular formula is C21H24N2O2. The molecule has 2 aliphatic heterocycles. The van der Waals surface area contributed by atoms with E-state index in [1.165, 1.54) is 5.56 Å². The van der Waals surface area contributed by atoms with Crippen molar-refractivity contribution in [3.63, 3.8) is 0 Å². The number of benzene rings is 1. The molecule has 1 aromatic heterocycles. The third-order valence-electron chi connectivity index (χ3n) is 5.46. The van der Waals surface area contributed by atoms with Crippen LogP contribution < -0.4 is 0 Å². The molecule has 3 heterocycles. The Morgan fingerprint density at radius 3 is 2.84 bits per heavy atom. The van der Waals surface area contributed by atoms with Gasteiger partial charge in [-0.3, -0.25) is 4.79 Å². The first kappa shape index (κ1) is 16.2. The van der Waals surface area contributed by atoms with Gasteiger partial charge in [0.15, 0.2) is 0 Å². The van der Waals surface area contributed by atoms with Crippen molar-refractivity contribution in [3.05, 3.63) is 66.0 Å². The van der Waals surface area contributed by atoms with E-state index in [-0.39, 0.29) is 11.9 Å². The largest absolute Gasteiger partial charge is 0.381 e. The number of carbonyl (C=O) groups excluding carboxylic acids is 1. The highest BCUT2D eigenvalue weighted by molar-refractivity contribution is 5.92. The van der Waals surface area contributed by atoms with Crippen LogP contribution in [0, 0.1) is 5.92 Å². The molecule has 0 saturated carbocycles. The van der Waals surface area contributed by atoms with Crippen LogP contribution in [-0.4, -0.2) is 41.2 Å². The Hall–Kier alpha value is -2.33. The van der Waals surface area contributed by atoms with Crippen LogP contribution >= 0.6 is 0 Å². The number of hydrogen-bond acceptors (Lipinski definition) is 2. The predicted molar refractivity (Wildman–Crippen MR) is 98.1 cm³/mol. The highest BCUT2D eigenvalue weighted by Gasteiger charge is 2.45. The summed E-state index contributed by atoms with van der Waals surface area (Å²) in [5, 5.41) is 0. The average Bonchev–Trinajstić information content (AvgIpc) is 3.24. The summed E-state index contributed by atoms with van der Waals surface area (Å²) in [6.07, 6.45) is 8.55. The minimum Gasteiger partial charge on any atom is -0.381 e. The molecule has 4 nitrogen and oxygen atoms in total. The van der Waals surface area contributed by atoms with E-state index < -0.39 is 0 Å². The summed E-state index contributed by atoms with van der Waals surface area (Å²) >= 11 is 0. The average molecular weight is 336 g/mol. The van der Waals surface area contributed by atoms with Crippen LogP contribution in [0.5, 0.6) is 0 Å². The van der Waals surface area contributed by atoms with Gasteiger partial charge in [0.25, 0.3) is 0 Å². The summed E-state index contributed by atoms with van der Waals surface area (Å²) in [6.45, 7) is 2.27. The number of aryl methyl sites for hydroxylation is 1. The zero-order valence-corrected chi connectivity index (χ0v) is 14.5. The lowest BCUT2D eigenvalue weighted by Crippen LogP contribution is -2.41. The fourth-order valence-electron chi connectivity index (χ4n) is 4.20. The smallest absolute Gasteiger partial charge is 0.246 e. The molecule has 0 aliphatic carbocycles. The van der Waals surface area contributed by atoms with Gasteiger partial charge in [0.05, 0.1) is 6.61 Å².